The highest BCUT2D eigenvalue weighted by molar-refractivity contribution is 5.71. The van der Waals surface area contributed by atoms with Crippen LogP contribution < -0.4 is 9.47 Å². The van der Waals surface area contributed by atoms with Gasteiger partial charge in [0.25, 0.3) is 0 Å². The summed E-state index contributed by atoms with van der Waals surface area (Å²) >= 11 is 0. The summed E-state index contributed by atoms with van der Waals surface area (Å²) in [5, 5.41) is 0. The van der Waals surface area contributed by atoms with Gasteiger partial charge in [-0.3, -0.25) is 4.90 Å². The van der Waals surface area contributed by atoms with Gasteiger partial charge in [0.2, 0.25) is 0 Å². The molecule has 2 aliphatic rings. The standard InChI is InChI=1S/C29H26F3NO4/c1-35-28(34)18-36-21-6-8-22(9-7-21)37-27-13-11-23-24(27)10-12-26(29(30,31)32)25(23)17-33-15-14-19-4-2-3-5-20(19)16-33/h2-13,27H,14-18H2,1H3/t27-/m1/s1. The van der Waals surface area contributed by atoms with E-state index < -0.39 is 23.8 Å². The number of ether oxygens (including phenoxy) is 3. The van der Waals surface area contributed by atoms with Gasteiger partial charge >= 0.3 is 12.1 Å². The third-order valence-electron chi connectivity index (χ3n) is 6.70. The smallest absolute Gasteiger partial charge is 0.416 e. The van der Waals surface area contributed by atoms with E-state index in [-0.39, 0.29) is 18.7 Å². The van der Waals surface area contributed by atoms with Gasteiger partial charge in [0.05, 0.1) is 12.7 Å². The molecule has 0 N–H and O–H groups in total. The molecular weight excluding hydrogens is 483 g/mol. The van der Waals surface area contributed by atoms with Crippen molar-refractivity contribution in [3.63, 3.8) is 0 Å². The molecule has 5 rings (SSSR count). The molecule has 0 bridgehead atoms. The van der Waals surface area contributed by atoms with E-state index >= 15 is 0 Å². The zero-order chi connectivity index (χ0) is 26.0. The number of hydrogen-bond donors (Lipinski definition) is 0. The number of rotatable bonds is 7. The van der Waals surface area contributed by atoms with Crippen LogP contribution in [0.25, 0.3) is 6.08 Å². The molecule has 0 unspecified atom stereocenters. The van der Waals surface area contributed by atoms with Crippen molar-refractivity contribution in [2.24, 2.45) is 0 Å². The van der Waals surface area contributed by atoms with Crippen LogP contribution in [0, 0.1) is 0 Å². The zero-order valence-electron chi connectivity index (χ0n) is 20.3. The first-order valence-corrected chi connectivity index (χ1v) is 12.0. The number of esters is 1. The fourth-order valence-electron chi connectivity index (χ4n) is 4.83. The van der Waals surface area contributed by atoms with Crippen LogP contribution in [0.1, 0.15) is 39.5 Å². The minimum Gasteiger partial charge on any atom is -0.482 e. The average molecular weight is 510 g/mol. The van der Waals surface area contributed by atoms with Gasteiger partial charge in [-0.05, 0) is 65.1 Å². The van der Waals surface area contributed by atoms with Gasteiger partial charge in [-0.25, -0.2) is 4.79 Å². The summed E-state index contributed by atoms with van der Waals surface area (Å²) in [6.07, 6.45) is -0.643. The van der Waals surface area contributed by atoms with Crippen molar-refractivity contribution in [1.29, 1.82) is 0 Å². The highest BCUT2D eigenvalue weighted by atomic mass is 19.4. The Morgan fingerprint density at radius 1 is 1.00 bits per heavy atom. The second-order valence-electron chi connectivity index (χ2n) is 9.06. The first kappa shape index (κ1) is 24.9. The van der Waals surface area contributed by atoms with Gasteiger partial charge in [0.1, 0.15) is 17.6 Å². The largest absolute Gasteiger partial charge is 0.482 e. The van der Waals surface area contributed by atoms with Crippen molar-refractivity contribution in [2.75, 3.05) is 20.3 Å². The molecule has 3 aromatic carbocycles. The van der Waals surface area contributed by atoms with Crippen LogP contribution in [0.15, 0.2) is 66.7 Å². The molecule has 0 spiro atoms. The van der Waals surface area contributed by atoms with Crippen molar-refractivity contribution in [1.82, 2.24) is 4.90 Å². The van der Waals surface area contributed by atoms with Crippen molar-refractivity contribution in [2.45, 2.75) is 31.8 Å². The first-order chi connectivity index (χ1) is 17.8. The summed E-state index contributed by atoms with van der Waals surface area (Å²) in [6.45, 7) is 1.31. The number of carbonyl (C=O) groups is 1. The Morgan fingerprint density at radius 2 is 1.73 bits per heavy atom. The predicted molar refractivity (Wildman–Crippen MR) is 132 cm³/mol. The molecule has 1 heterocycles. The summed E-state index contributed by atoms with van der Waals surface area (Å²) in [6, 6.07) is 17.4. The molecule has 0 fully saturated rings. The van der Waals surface area contributed by atoms with Crippen molar-refractivity contribution < 1.29 is 32.2 Å². The van der Waals surface area contributed by atoms with Crippen LogP contribution in [0.3, 0.4) is 0 Å². The van der Waals surface area contributed by atoms with Crippen LogP contribution in [-0.2, 0) is 35.2 Å². The van der Waals surface area contributed by atoms with Gasteiger partial charge in [0.15, 0.2) is 6.61 Å². The van der Waals surface area contributed by atoms with Crippen molar-refractivity contribution in [3.8, 4) is 11.5 Å². The summed E-state index contributed by atoms with van der Waals surface area (Å²) in [5.41, 5.74) is 3.35. The topological polar surface area (TPSA) is 48.0 Å². The zero-order valence-corrected chi connectivity index (χ0v) is 20.3. The fraction of sp³-hybridized carbons (Fsp3) is 0.276. The summed E-state index contributed by atoms with van der Waals surface area (Å²) in [7, 11) is 1.28. The minimum absolute atomic E-state index is 0.204. The van der Waals surface area contributed by atoms with E-state index in [4.69, 9.17) is 9.47 Å². The first-order valence-electron chi connectivity index (χ1n) is 12.0. The van der Waals surface area contributed by atoms with E-state index in [1.165, 1.54) is 24.8 Å². The number of carbonyl (C=O) groups excluding carboxylic acids is 1. The maximum absolute atomic E-state index is 14.0. The molecule has 37 heavy (non-hydrogen) atoms. The van der Waals surface area contributed by atoms with Gasteiger partial charge in [-0.2, -0.15) is 13.2 Å². The lowest BCUT2D eigenvalue weighted by molar-refractivity contribution is -0.143. The van der Waals surface area contributed by atoms with Crippen LogP contribution >= 0.6 is 0 Å². The Bertz CT molecular complexity index is 1320. The van der Waals surface area contributed by atoms with Crippen LogP contribution in [0.5, 0.6) is 11.5 Å². The Morgan fingerprint density at radius 3 is 2.46 bits per heavy atom. The fourth-order valence-corrected chi connectivity index (χ4v) is 4.83. The molecule has 0 amide bonds. The molecular formula is C29H26F3NO4. The number of alkyl halides is 3. The molecule has 0 radical (unpaired) electrons. The van der Waals surface area contributed by atoms with Crippen LogP contribution in [0.2, 0.25) is 0 Å². The summed E-state index contributed by atoms with van der Waals surface area (Å²) in [4.78, 5) is 13.3. The monoisotopic (exact) mass is 509 g/mol. The number of fused-ring (bicyclic) bond motifs is 2. The maximum atomic E-state index is 14.0. The van der Waals surface area contributed by atoms with E-state index in [0.29, 0.717) is 35.7 Å². The molecule has 5 nitrogen and oxygen atoms in total. The summed E-state index contributed by atoms with van der Waals surface area (Å²) in [5.74, 6) is 0.512. The van der Waals surface area contributed by atoms with Gasteiger partial charge in [-0.15, -0.1) is 0 Å². The highest BCUT2D eigenvalue weighted by Crippen LogP contribution is 2.41. The Balaban J connectivity index is 1.35. The second kappa shape index (κ2) is 10.3. The average Bonchev–Trinajstić information content (AvgIpc) is 3.30. The summed E-state index contributed by atoms with van der Waals surface area (Å²) < 4.78 is 58.0. The van der Waals surface area contributed by atoms with E-state index in [0.717, 1.165) is 12.0 Å². The van der Waals surface area contributed by atoms with Crippen molar-refractivity contribution in [3.05, 3.63) is 100 Å². The van der Waals surface area contributed by atoms with Crippen LogP contribution in [-0.4, -0.2) is 31.1 Å². The Labute approximate surface area is 213 Å². The normalized spacial score (nSPS) is 16.7. The number of halogens is 3. The molecule has 0 aromatic heterocycles. The van der Waals surface area contributed by atoms with Crippen molar-refractivity contribution >= 4 is 12.0 Å². The second-order valence-corrected chi connectivity index (χ2v) is 9.06. The van der Waals surface area contributed by atoms with E-state index in [1.54, 1.807) is 36.4 Å². The van der Waals surface area contributed by atoms with Gasteiger partial charge in [-0.1, -0.05) is 36.4 Å². The number of methoxy groups -OCH3 is 1. The lowest BCUT2D eigenvalue weighted by Gasteiger charge is -2.30. The Kier molecular flexibility index (Phi) is 6.93. The lowest BCUT2D eigenvalue weighted by Crippen LogP contribution is -2.31. The Hall–Kier alpha value is -3.78. The van der Waals surface area contributed by atoms with Gasteiger partial charge < -0.3 is 14.2 Å². The van der Waals surface area contributed by atoms with Gasteiger partial charge in [0, 0.05) is 25.2 Å². The quantitative estimate of drug-likeness (QED) is 0.368. The van der Waals surface area contributed by atoms with E-state index in [9.17, 15) is 18.0 Å². The van der Waals surface area contributed by atoms with E-state index in [1.807, 2.05) is 18.2 Å². The number of hydrogen-bond acceptors (Lipinski definition) is 5. The molecule has 1 atom stereocenters. The third-order valence-corrected chi connectivity index (χ3v) is 6.70. The highest BCUT2D eigenvalue weighted by Gasteiger charge is 2.37. The van der Waals surface area contributed by atoms with E-state index in [2.05, 4.69) is 15.7 Å². The maximum Gasteiger partial charge on any atom is 0.416 e. The third kappa shape index (κ3) is 5.49. The SMILES string of the molecule is COC(=O)COc1ccc(O[C@@H]2C=Cc3c2ccc(C(F)(F)F)c3CN2CCc3ccccc3C2)cc1. The molecule has 0 saturated carbocycles. The molecule has 1 aliphatic heterocycles. The molecule has 8 heteroatoms. The predicted octanol–water partition coefficient (Wildman–Crippen LogP) is 5.96. The minimum atomic E-state index is -4.45. The number of benzene rings is 3. The van der Waals surface area contributed by atoms with Crippen LogP contribution in [0.4, 0.5) is 13.2 Å². The molecule has 0 saturated heterocycles. The number of nitrogens with zero attached hydrogens (tertiary/aromatic N) is 1. The molecule has 3 aromatic rings. The lowest BCUT2D eigenvalue weighted by atomic mass is 9.94. The molecule has 1 aliphatic carbocycles. The molecule has 192 valence electrons.